The van der Waals surface area contributed by atoms with Crippen LogP contribution in [0.25, 0.3) is 0 Å². The van der Waals surface area contributed by atoms with Gasteiger partial charge in [0, 0.05) is 18.8 Å². The minimum absolute atomic E-state index is 0.195. The zero-order chi connectivity index (χ0) is 12.7. The van der Waals surface area contributed by atoms with Crippen LogP contribution in [-0.2, 0) is 4.79 Å². The van der Waals surface area contributed by atoms with E-state index in [0.29, 0.717) is 13.0 Å². The number of carboxylic acid groups (broad SMARTS) is 1. The number of nitriles is 1. The monoisotopic (exact) mass is 233 g/mol. The lowest BCUT2D eigenvalue weighted by Crippen LogP contribution is -2.43. The van der Waals surface area contributed by atoms with Gasteiger partial charge in [0.2, 0.25) is 0 Å². The van der Waals surface area contributed by atoms with Crippen LogP contribution in [0.5, 0.6) is 0 Å². The molecule has 1 atom stereocenters. The number of carboxylic acids is 1. The Morgan fingerprint density at radius 1 is 1.47 bits per heavy atom. The molecular weight excluding hydrogens is 218 g/mol. The highest BCUT2D eigenvalue weighted by Crippen LogP contribution is 2.13. The number of benzene rings is 1. The Bertz CT molecular complexity index is 400. The third kappa shape index (κ3) is 4.13. The van der Waals surface area contributed by atoms with Gasteiger partial charge in [0.1, 0.15) is 6.04 Å². The maximum atomic E-state index is 10.7. The number of nitrogens with zero attached hydrogens (tertiary/aromatic N) is 2. The average molecular weight is 233 g/mol. The number of carbonyl (C=O) groups is 1. The number of aliphatic carboxylic acids is 1. The lowest BCUT2D eigenvalue weighted by molar-refractivity contribution is -0.138. The van der Waals surface area contributed by atoms with E-state index in [-0.39, 0.29) is 6.54 Å². The molecule has 1 rings (SSSR count). The van der Waals surface area contributed by atoms with Gasteiger partial charge < -0.3 is 15.7 Å². The van der Waals surface area contributed by atoms with Crippen LogP contribution in [0, 0.1) is 11.3 Å². The standard InChI is InChI=1S/C12H15N3O2/c13-7-4-8-15(9-11(14)12(16)17)10-5-2-1-3-6-10/h1-3,5-6,11H,4,8-9,14H2,(H,16,17). The number of hydrogen-bond donors (Lipinski definition) is 2. The van der Waals surface area contributed by atoms with Crippen LogP contribution >= 0.6 is 0 Å². The fraction of sp³-hybridized carbons (Fsp3) is 0.333. The number of hydrogen-bond acceptors (Lipinski definition) is 4. The Hall–Kier alpha value is -2.06. The molecule has 0 heterocycles. The molecule has 17 heavy (non-hydrogen) atoms. The molecule has 5 heteroatoms. The Kier molecular flexibility index (Phi) is 4.98. The van der Waals surface area contributed by atoms with Crippen LogP contribution in [0.4, 0.5) is 5.69 Å². The van der Waals surface area contributed by atoms with E-state index >= 15 is 0 Å². The third-order valence-corrected chi connectivity index (χ3v) is 2.35. The molecule has 0 aromatic heterocycles. The Morgan fingerprint density at radius 2 is 2.12 bits per heavy atom. The summed E-state index contributed by atoms with van der Waals surface area (Å²) >= 11 is 0. The highest BCUT2D eigenvalue weighted by molar-refractivity contribution is 5.74. The highest BCUT2D eigenvalue weighted by Gasteiger charge is 2.16. The fourth-order valence-electron chi connectivity index (χ4n) is 1.47. The number of para-hydroxylation sites is 1. The molecule has 0 radical (unpaired) electrons. The van der Waals surface area contributed by atoms with Crippen LogP contribution < -0.4 is 10.6 Å². The normalized spacial score (nSPS) is 11.5. The molecule has 0 saturated carbocycles. The van der Waals surface area contributed by atoms with E-state index < -0.39 is 12.0 Å². The van der Waals surface area contributed by atoms with Crippen LogP contribution in [-0.4, -0.2) is 30.2 Å². The minimum atomic E-state index is -1.04. The lowest BCUT2D eigenvalue weighted by atomic mass is 10.2. The number of anilines is 1. The topological polar surface area (TPSA) is 90.4 Å². The van der Waals surface area contributed by atoms with Gasteiger partial charge in [0.25, 0.3) is 0 Å². The first-order valence-electron chi connectivity index (χ1n) is 5.30. The Balaban J connectivity index is 2.74. The molecule has 0 saturated heterocycles. The van der Waals surface area contributed by atoms with E-state index in [2.05, 4.69) is 0 Å². The van der Waals surface area contributed by atoms with Crippen molar-refractivity contribution in [3.63, 3.8) is 0 Å². The predicted molar refractivity (Wildman–Crippen MR) is 64.5 cm³/mol. The van der Waals surface area contributed by atoms with E-state index in [9.17, 15) is 4.79 Å². The van der Waals surface area contributed by atoms with Gasteiger partial charge in [-0.2, -0.15) is 5.26 Å². The summed E-state index contributed by atoms with van der Waals surface area (Å²) in [6.07, 6.45) is 0.335. The summed E-state index contributed by atoms with van der Waals surface area (Å²) in [7, 11) is 0. The van der Waals surface area contributed by atoms with Crippen molar-refractivity contribution in [3.05, 3.63) is 30.3 Å². The summed E-state index contributed by atoms with van der Waals surface area (Å²) in [5, 5.41) is 17.4. The van der Waals surface area contributed by atoms with Crippen molar-refractivity contribution in [1.29, 1.82) is 5.26 Å². The first kappa shape index (κ1) is 13.0. The van der Waals surface area contributed by atoms with Gasteiger partial charge in [0.05, 0.1) is 12.5 Å². The van der Waals surface area contributed by atoms with Gasteiger partial charge in [-0.1, -0.05) is 18.2 Å². The summed E-state index contributed by atoms with van der Waals surface area (Å²) in [5.41, 5.74) is 6.38. The molecule has 90 valence electrons. The molecule has 0 fully saturated rings. The second-order valence-corrected chi connectivity index (χ2v) is 3.63. The van der Waals surface area contributed by atoms with E-state index in [0.717, 1.165) is 5.69 Å². The first-order chi connectivity index (χ1) is 8.15. The molecule has 0 aliphatic rings. The van der Waals surface area contributed by atoms with Crippen LogP contribution in [0.3, 0.4) is 0 Å². The van der Waals surface area contributed by atoms with E-state index in [4.69, 9.17) is 16.1 Å². The van der Waals surface area contributed by atoms with Crippen molar-refractivity contribution in [3.8, 4) is 6.07 Å². The van der Waals surface area contributed by atoms with Crippen LogP contribution in [0.15, 0.2) is 30.3 Å². The van der Waals surface area contributed by atoms with Gasteiger partial charge in [-0.15, -0.1) is 0 Å². The number of nitrogens with two attached hydrogens (primary N) is 1. The summed E-state index contributed by atoms with van der Waals surface area (Å²) < 4.78 is 0. The van der Waals surface area contributed by atoms with Gasteiger partial charge in [0.15, 0.2) is 0 Å². The second kappa shape index (κ2) is 6.51. The van der Waals surface area contributed by atoms with Crippen molar-refractivity contribution in [2.24, 2.45) is 5.73 Å². The quantitative estimate of drug-likeness (QED) is 0.759. The molecule has 0 amide bonds. The number of rotatable bonds is 6. The molecule has 3 N–H and O–H groups in total. The van der Waals surface area contributed by atoms with Gasteiger partial charge >= 0.3 is 5.97 Å². The van der Waals surface area contributed by atoms with Crippen molar-refractivity contribution in [1.82, 2.24) is 0 Å². The average Bonchev–Trinajstić information content (AvgIpc) is 2.35. The van der Waals surface area contributed by atoms with Crippen molar-refractivity contribution in [2.75, 3.05) is 18.0 Å². The van der Waals surface area contributed by atoms with Crippen LogP contribution in [0.1, 0.15) is 6.42 Å². The Labute approximate surface area is 100 Å². The lowest BCUT2D eigenvalue weighted by Gasteiger charge is -2.25. The molecule has 1 aromatic rings. The molecule has 0 bridgehead atoms. The molecular formula is C12H15N3O2. The van der Waals surface area contributed by atoms with Crippen molar-refractivity contribution < 1.29 is 9.90 Å². The maximum Gasteiger partial charge on any atom is 0.322 e. The van der Waals surface area contributed by atoms with Crippen molar-refractivity contribution in [2.45, 2.75) is 12.5 Å². The molecule has 0 aliphatic carbocycles. The largest absolute Gasteiger partial charge is 0.480 e. The summed E-state index contributed by atoms with van der Waals surface area (Å²) in [6.45, 7) is 0.669. The Morgan fingerprint density at radius 3 is 2.65 bits per heavy atom. The second-order valence-electron chi connectivity index (χ2n) is 3.63. The minimum Gasteiger partial charge on any atom is -0.480 e. The third-order valence-electron chi connectivity index (χ3n) is 2.35. The summed E-state index contributed by atoms with van der Waals surface area (Å²) in [4.78, 5) is 12.5. The highest BCUT2D eigenvalue weighted by atomic mass is 16.4. The smallest absolute Gasteiger partial charge is 0.322 e. The van der Waals surface area contributed by atoms with E-state index in [1.807, 2.05) is 41.3 Å². The molecule has 1 unspecified atom stereocenters. The first-order valence-corrected chi connectivity index (χ1v) is 5.30. The van der Waals surface area contributed by atoms with E-state index in [1.165, 1.54) is 0 Å². The van der Waals surface area contributed by atoms with Gasteiger partial charge in [-0.25, -0.2) is 0 Å². The van der Waals surface area contributed by atoms with Gasteiger partial charge in [-0.3, -0.25) is 4.79 Å². The SMILES string of the molecule is N#CCCN(CC(N)C(=O)O)c1ccccc1. The van der Waals surface area contributed by atoms with Gasteiger partial charge in [-0.05, 0) is 12.1 Å². The summed E-state index contributed by atoms with van der Waals surface area (Å²) in [6, 6.07) is 10.4. The summed E-state index contributed by atoms with van der Waals surface area (Å²) in [5.74, 6) is -1.04. The molecule has 0 spiro atoms. The van der Waals surface area contributed by atoms with Crippen molar-refractivity contribution >= 4 is 11.7 Å². The fourth-order valence-corrected chi connectivity index (χ4v) is 1.47. The molecule has 5 nitrogen and oxygen atoms in total. The predicted octanol–water partition coefficient (Wildman–Crippen LogP) is 0.819. The van der Waals surface area contributed by atoms with E-state index in [1.54, 1.807) is 0 Å². The molecule has 0 aliphatic heterocycles. The zero-order valence-corrected chi connectivity index (χ0v) is 9.41. The van der Waals surface area contributed by atoms with Crippen LogP contribution in [0.2, 0.25) is 0 Å². The zero-order valence-electron chi connectivity index (χ0n) is 9.41. The maximum absolute atomic E-state index is 10.7. The molecule has 1 aromatic carbocycles.